The average Bonchev–Trinajstić information content (AvgIpc) is 3.49. The van der Waals surface area contributed by atoms with E-state index in [0.717, 1.165) is 17.0 Å². The smallest absolute Gasteiger partial charge is 0.331 e. The fourth-order valence-corrected chi connectivity index (χ4v) is 5.40. The summed E-state index contributed by atoms with van der Waals surface area (Å²) < 4.78 is 27.3. The van der Waals surface area contributed by atoms with Crippen LogP contribution in [-0.2, 0) is 4.79 Å². The van der Waals surface area contributed by atoms with Gasteiger partial charge in [-0.15, -0.1) is 0 Å². The number of nitriles is 1. The van der Waals surface area contributed by atoms with Crippen LogP contribution >= 0.6 is 0 Å². The minimum Gasteiger partial charge on any atom is -0.331 e. The molecule has 0 saturated carbocycles. The predicted octanol–water partition coefficient (Wildman–Crippen LogP) is 2.82. The van der Waals surface area contributed by atoms with Crippen molar-refractivity contribution >= 4 is 34.4 Å². The lowest BCUT2D eigenvalue weighted by molar-refractivity contribution is -0.121. The quantitative estimate of drug-likeness (QED) is 0.549. The molecule has 1 aromatic heterocycles. The van der Waals surface area contributed by atoms with Crippen molar-refractivity contribution in [2.75, 3.05) is 11.4 Å². The molecule has 0 N–H and O–H groups in total. The normalized spacial score (nSPS) is 23.1. The molecular formula is C24H15F2N5O3. The van der Waals surface area contributed by atoms with E-state index in [0.29, 0.717) is 34.6 Å². The third kappa shape index (κ3) is 2.67. The third-order valence-corrected chi connectivity index (χ3v) is 6.74. The van der Waals surface area contributed by atoms with Crippen LogP contribution in [0.1, 0.15) is 22.3 Å². The van der Waals surface area contributed by atoms with Gasteiger partial charge < -0.3 is 9.80 Å². The zero-order chi connectivity index (χ0) is 23.7. The lowest BCUT2D eigenvalue weighted by Gasteiger charge is -2.34. The number of rotatable bonds is 2. The van der Waals surface area contributed by atoms with Crippen LogP contribution in [0.5, 0.6) is 0 Å². The summed E-state index contributed by atoms with van der Waals surface area (Å²) in [5.41, 5.74) is 0.867. The summed E-state index contributed by atoms with van der Waals surface area (Å²) in [5.74, 6) is -2.81. The number of halogens is 2. The standard InChI is InChI=1S/C24H15F2N5O3/c25-14-6-13(7-15(26)8-14)22(32)29-11-16-9-19(29)21-23(33)31(24(34)30(16)21)18-4-3-12(10-27)20-17(18)2-1-5-28-20/h1-8,16,19,21H,9,11H2/t16-,19?,21-/m1/s1. The van der Waals surface area contributed by atoms with E-state index in [-0.39, 0.29) is 18.2 Å². The number of nitrogens with zero attached hydrogens (tertiary/aromatic N) is 5. The van der Waals surface area contributed by atoms with Crippen molar-refractivity contribution in [2.45, 2.75) is 24.5 Å². The van der Waals surface area contributed by atoms with Gasteiger partial charge in [0.25, 0.3) is 11.8 Å². The van der Waals surface area contributed by atoms with E-state index in [9.17, 15) is 28.4 Å². The number of imide groups is 1. The van der Waals surface area contributed by atoms with E-state index in [2.05, 4.69) is 11.1 Å². The zero-order valence-corrected chi connectivity index (χ0v) is 17.5. The first-order chi connectivity index (χ1) is 16.4. The van der Waals surface area contributed by atoms with E-state index in [4.69, 9.17) is 0 Å². The number of hydrogen-bond donors (Lipinski definition) is 0. The van der Waals surface area contributed by atoms with Crippen LogP contribution in [0.25, 0.3) is 10.9 Å². The van der Waals surface area contributed by atoms with E-state index in [1.807, 2.05) is 0 Å². The van der Waals surface area contributed by atoms with E-state index in [1.165, 1.54) is 22.1 Å². The molecule has 3 aliphatic rings. The van der Waals surface area contributed by atoms with Crippen LogP contribution < -0.4 is 4.90 Å². The Morgan fingerprint density at radius 2 is 1.88 bits per heavy atom. The number of hydrogen-bond acceptors (Lipinski definition) is 5. The SMILES string of the molecule is N#Cc1ccc(N2C(=O)[C@H]3C4C[C@H](CN4C(=O)c4cc(F)cc(F)c4)N3C2=O)c2cccnc12. The summed E-state index contributed by atoms with van der Waals surface area (Å²) in [6.07, 6.45) is 1.94. The molecule has 8 nitrogen and oxygen atoms in total. The molecule has 3 saturated heterocycles. The van der Waals surface area contributed by atoms with Crippen molar-refractivity contribution in [3.8, 4) is 6.07 Å². The Balaban J connectivity index is 1.37. The fraction of sp³-hybridized carbons (Fsp3) is 0.208. The van der Waals surface area contributed by atoms with E-state index >= 15 is 0 Å². The minimum absolute atomic E-state index is 0.144. The van der Waals surface area contributed by atoms with E-state index < -0.39 is 41.6 Å². The van der Waals surface area contributed by atoms with Gasteiger partial charge in [0.1, 0.15) is 23.7 Å². The molecular weight excluding hydrogens is 444 g/mol. The van der Waals surface area contributed by atoms with Crippen LogP contribution in [0.15, 0.2) is 48.7 Å². The molecule has 1 unspecified atom stereocenters. The van der Waals surface area contributed by atoms with Crippen LogP contribution in [0.3, 0.4) is 0 Å². The van der Waals surface area contributed by atoms with Gasteiger partial charge in [-0.05, 0) is 42.8 Å². The fourth-order valence-electron chi connectivity index (χ4n) is 5.40. The Kier molecular flexibility index (Phi) is 4.20. The first kappa shape index (κ1) is 20.2. The maximum atomic E-state index is 13.7. The Hall–Kier alpha value is -4.39. The van der Waals surface area contributed by atoms with Crippen LogP contribution in [-0.4, -0.2) is 57.3 Å². The molecule has 3 atom stereocenters. The first-order valence-electron chi connectivity index (χ1n) is 10.6. The zero-order valence-electron chi connectivity index (χ0n) is 17.5. The molecule has 2 aromatic carbocycles. The Morgan fingerprint density at radius 1 is 1.12 bits per heavy atom. The van der Waals surface area contributed by atoms with Crippen LogP contribution in [0.2, 0.25) is 0 Å². The molecule has 34 heavy (non-hydrogen) atoms. The van der Waals surface area contributed by atoms with Crippen LogP contribution in [0, 0.1) is 23.0 Å². The van der Waals surface area contributed by atoms with Gasteiger partial charge in [0.05, 0.1) is 28.9 Å². The molecule has 168 valence electrons. The van der Waals surface area contributed by atoms with Crippen molar-refractivity contribution in [1.29, 1.82) is 5.26 Å². The van der Waals surface area contributed by atoms with Gasteiger partial charge >= 0.3 is 6.03 Å². The van der Waals surface area contributed by atoms with Gasteiger partial charge in [-0.2, -0.15) is 5.26 Å². The van der Waals surface area contributed by atoms with Gasteiger partial charge in [0.2, 0.25) is 0 Å². The molecule has 4 heterocycles. The molecule has 0 aliphatic carbocycles. The Labute approximate surface area is 191 Å². The average molecular weight is 459 g/mol. The highest BCUT2D eigenvalue weighted by Gasteiger charge is 2.63. The molecule has 2 bridgehead atoms. The molecule has 0 spiro atoms. The Morgan fingerprint density at radius 3 is 2.62 bits per heavy atom. The molecule has 3 aliphatic heterocycles. The van der Waals surface area contributed by atoms with Gasteiger partial charge in [-0.25, -0.2) is 18.5 Å². The van der Waals surface area contributed by atoms with E-state index in [1.54, 1.807) is 18.2 Å². The number of likely N-dealkylation sites (tertiary alicyclic amines) is 1. The maximum absolute atomic E-state index is 13.7. The van der Waals surface area contributed by atoms with Crippen molar-refractivity contribution in [2.24, 2.45) is 0 Å². The highest BCUT2D eigenvalue weighted by molar-refractivity contribution is 6.25. The molecule has 3 fully saturated rings. The Bertz CT molecular complexity index is 1450. The summed E-state index contributed by atoms with van der Waals surface area (Å²) in [6, 6.07) is 8.67. The molecule has 4 amide bonds. The second kappa shape index (κ2) is 7.05. The minimum atomic E-state index is -0.893. The summed E-state index contributed by atoms with van der Waals surface area (Å²) in [7, 11) is 0. The number of carbonyl (C=O) groups is 3. The van der Waals surface area contributed by atoms with Crippen molar-refractivity contribution in [3.05, 3.63) is 71.4 Å². The topological polar surface area (TPSA) is 97.6 Å². The van der Waals surface area contributed by atoms with Gasteiger partial charge in [0.15, 0.2) is 0 Å². The number of fused-ring (bicyclic) bond motifs is 6. The second-order valence-electron chi connectivity index (χ2n) is 8.52. The first-order valence-corrected chi connectivity index (χ1v) is 10.6. The summed E-state index contributed by atoms with van der Waals surface area (Å²) in [5, 5.41) is 9.87. The molecule has 10 heteroatoms. The highest BCUT2D eigenvalue weighted by atomic mass is 19.1. The molecule has 3 aromatic rings. The highest BCUT2D eigenvalue weighted by Crippen LogP contribution is 2.44. The van der Waals surface area contributed by atoms with Crippen molar-refractivity contribution in [1.82, 2.24) is 14.8 Å². The summed E-state index contributed by atoms with van der Waals surface area (Å²) in [6.45, 7) is 0.167. The number of aromatic nitrogens is 1. The number of anilines is 1. The van der Waals surface area contributed by atoms with Crippen LogP contribution in [0.4, 0.5) is 19.3 Å². The lowest BCUT2D eigenvalue weighted by atomic mass is 10.1. The third-order valence-electron chi connectivity index (χ3n) is 6.74. The lowest BCUT2D eigenvalue weighted by Crippen LogP contribution is -2.54. The number of amides is 4. The number of benzene rings is 2. The van der Waals surface area contributed by atoms with Gasteiger partial charge in [-0.1, -0.05) is 0 Å². The van der Waals surface area contributed by atoms with Crippen molar-refractivity contribution < 1.29 is 23.2 Å². The van der Waals surface area contributed by atoms with Gasteiger partial charge in [-0.3, -0.25) is 14.6 Å². The maximum Gasteiger partial charge on any atom is 0.332 e. The number of urea groups is 1. The van der Waals surface area contributed by atoms with Gasteiger partial charge in [0, 0.05) is 29.8 Å². The number of carbonyl (C=O) groups excluding carboxylic acids is 3. The molecule has 0 radical (unpaired) electrons. The summed E-state index contributed by atoms with van der Waals surface area (Å²) in [4.78, 5) is 48.1. The van der Waals surface area contributed by atoms with Crippen molar-refractivity contribution in [3.63, 3.8) is 0 Å². The predicted molar refractivity (Wildman–Crippen MR) is 115 cm³/mol. The second-order valence-corrected chi connectivity index (χ2v) is 8.52. The summed E-state index contributed by atoms with van der Waals surface area (Å²) >= 11 is 0. The number of piperazine rings is 1. The molecule has 6 rings (SSSR count). The largest absolute Gasteiger partial charge is 0.332 e. The number of pyridine rings is 1. The monoisotopic (exact) mass is 459 g/mol.